The molecule has 0 aromatic heterocycles. The summed E-state index contributed by atoms with van der Waals surface area (Å²) in [5.74, 6) is 2.55. The SMILES string of the molecule is C[C@H](CCC(=O)O)[C@H]1CC[C@H]2[C@@H]3CC[C@@H]4C[C@@H](O)CC[C@]4(C)[C@@H]3C[C@H](O)[C@]12C. The van der Waals surface area contributed by atoms with E-state index in [1.807, 2.05) is 0 Å². The average Bonchev–Trinajstić information content (AvgIpc) is 3.00. The van der Waals surface area contributed by atoms with Crippen LogP contribution in [0.4, 0.5) is 0 Å². The molecule has 4 aliphatic rings. The lowest BCUT2D eigenvalue weighted by molar-refractivity contribution is -0.175. The molecule has 0 bridgehead atoms. The summed E-state index contributed by atoms with van der Waals surface area (Å²) in [7, 11) is 0. The molecule has 0 saturated heterocycles. The molecule has 10 atom stereocenters. The van der Waals surface area contributed by atoms with E-state index in [4.69, 9.17) is 5.11 Å². The van der Waals surface area contributed by atoms with Crippen LogP contribution in [-0.4, -0.2) is 33.5 Å². The summed E-state index contributed by atoms with van der Waals surface area (Å²) in [6, 6.07) is 0. The van der Waals surface area contributed by atoms with Gasteiger partial charge in [0.1, 0.15) is 0 Å². The van der Waals surface area contributed by atoms with Crippen molar-refractivity contribution in [1.82, 2.24) is 0 Å². The van der Waals surface area contributed by atoms with Gasteiger partial charge in [0.15, 0.2) is 0 Å². The Labute approximate surface area is 170 Å². The predicted octanol–water partition coefficient (Wildman–Crippen LogP) is 4.48. The number of fused-ring (bicyclic) bond motifs is 5. The van der Waals surface area contributed by atoms with Crippen LogP contribution in [0.3, 0.4) is 0 Å². The van der Waals surface area contributed by atoms with E-state index in [0.717, 1.165) is 38.5 Å². The second-order valence-electron chi connectivity index (χ2n) is 11.3. The Balaban J connectivity index is 1.56. The number of aliphatic carboxylic acids is 1. The summed E-state index contributed by atoms with van der Waals surface area (Å²) < 4.78 is 0. The highest BCUT2D eigenvalue weighted by molar-refractivity contribution is 5.66. The van der Waals surface area contributed by atoms with Crippen LogP contribution in [0.1, 0.15) is 85.0 Å². The van der Waals surface area contributed by atoms with Gasteiger partial charge < -0.3 is 15.3 Å². The van der Waals surface area contributed by atoms with Crippen molar-refractivity contribution in [2.45, 2.75) is 97.2 Å². The molecule has 4 fully saturated rings. The number of hydrogen-bond donors (Lipinski definition) is 3. The van der Waals surface area contributed by atoms with Crippen LogP contribution < -0.4 is 0 Å². The lowest BCUT2D eigenvalue weighted by Crippen LogP contribution is -2.58. The molecule has 0 unspecified atom stereocenters. The highest BCUT2D eigenvalue weighted by Crippen LogP contribution is 2.68. The maximum absolute atomic E-state index is 11.5. The highest BCUT2D eigenvalue weighted by atomic mass is 16.4. The molecule has 160 valence electrons. The lowest BCUT2D eigenvalue weighted by Gasteiger charge is -2.62. The number of hydrogen-bond acceptors (Lipinski definition) is 3. The van der Waals surface area contributed by atoms with Crippen LogP contribution in [-0.2, 0) is 4.79 Å². The van der Waals surface area contributed by atoms with Crippen molar-refractivity contribution in [1.29, 1.82) is 0 Å². The minimum absolute atomic E-state index is 0.0591. The molecule has 0 aliphatic heterocycles. The number of rotatable bonds is 4. The van der Waals surface area contributed by atoms with Gasteiger partial charge in [-0.1, -0.05) is 20.8 Å². The van der Waals surface area contributed by atoms with Crippen LogP contribution in [0.25, 0.3) is 0 Å². The molecule has 4 saturated carbocycles. The van der Waals surface area contributed by atoms with Gasteiger partial charge in [0.2, 0.25) is 0 Å². The minimum Gasteiger partial charge on any atom is -0.481 e. The van der Waals surface area contributed by atoms with Crippen LogP contribution in [0.2, 0.25) is 0 Å². The second-order valence-corrected chi connectivity index (χ2v) is 11.3. The van der Waals surface area contributed by atoms with E-state index in [2.05, 4.69) is 20.8 Å². The summed E-state index contributed by atoms with van der Waals surface area (Å²) in [6.45, 7) is 6.99. The van der Waals surface area contributed by atoms with Crippen molar-refractivity contribution in [2.75, 3.05) is 0 Å². The van der Waals surface area contributed by atoms with Crippen molar-refractivity contribution in [3.8, 4) is 0 Å². The van der Waals surface area contributed by atoms with Crippen molar-refractivity contribution >= 4 is 5.97 Å². The second kappa shape index (κ2) is 7.27. The standard InChI is InChI=1S/C24H40O4/c1-14(4-9-22(27)28)18-7-8-19-17-6-5-15-12-16(25)10-11-23(15,2)20(17)13-21(26)24(18,19)3/h14-21,25-26H,4-13H2,1-3H3,(H,27,28)/t14-,15-,16+,17+,18-,19+,20-,21+,23+,24-/m1/s1. The van der Waals surface area contributed by atoms with E-state index in [1.54, 1.807) is 0 Å². The summed E-state index contributed by atoms with van der Waals surface area (Å²) in [5.41, 5.74) is 0.216. The zero-order valence-corrected chi connectivity index (χ0v) is 17.9. The van der Waals surface area contributed by atoms with Gasteiger partial charge in [0.05, 0.1) is 12.2 Å². The molecule has 4 nitrogen and oxygen atoms in total. The zero-order valence-electron chi connectivity index (χ0n) is 17.9. The van der Waals surface area contributed by atoms with Crippen LogP contribution in [0.15, 0.2) is 0 Å². The van der Waals surface area contributed by atoms with E-state index in [-0.39, 0.29) is 29.5 Å². The average molecular weight is 393 g/mol. The number of carboxylic acids is 1. The molecule has 3 N–H and O–H groups in total. The number of aliphatic hydroxyl groups excluding tert-OH is 2. The smallest absolute Gasteiger partial charge is 0.303 e. The van der Waals surface area contributed by atoms with Crippen LogP contribution in [0.5, 0.6) is 0 Å². The first-order valence-corrected chi connectivity index (χ1v) is 11.8. The van der Waals surface area contributed by atoms with Crippen molar-refractivity contribution in [3.05, 3.63) is 0 Å². The molecule has 28 heavy (non-hydrogen) atoms. The van der Waals surface area contributed by atoms with E-state index < -0.39 is 5.97 Å². The minimum atomic E-state index is -0.707. The van der Waals surface area contributed by atoms with Gasteiger partial charge >= 0.3 is 5.97 Å². The third kappa shape index (κ3) is 3.05. The molecule has 0 aromatic carbocycles. The molecule has 4 heteroatoms. The van der Waals surface area contributed by atoms with Crippen LogP contribution in [0, 0.1) is 46.3 Å². The Kier molecular flexibility index (Phi) is 5.36. The molecule has 0 spiro atoms. The number of carbonyl (C=O) groups is 1. The molecule has 0 heterocycles. The Morgan fingerprint density at radius 3 is 2.50 bits per heavy atom. The van der Waals surface area contributed by atoms with Crippen LogP contribution >= 0.6 is 0 Å². The lowest BCUT2D eigenvalue weighted by atomic mass is 9.43. The fourth-order valence-electron chi connectivity index (χ4n) is 8.71. The first kappa shape index (κ1) is 20.7. The fourth-order valence-corrected chi connectivity index (χ4v) is 8.71. The molecule has 0 amide bonds. The maximum atomic E-state index is 11.5. The zero-order chi connectivity index (χ0) is 20.3. The summed E-state index contributed by atoms with van der Waals surface area (Å²) >= 11 is 0. The predicted molar refractivity (Wildman–Crippen MR) is 109 cm³/mol. The number of aliphatic hydroxyl groups is 2. The first-order chi connectivity index (χ1) is 13.2. The third-order valence-electron chi connectivity index (χ3n) is 10.3. The van der Waals surface area contributed by atoms with Gasteiger partial charge in [-0.2, -0.15) is 0 Å². The molecule has 4 aliphatic carbocycles. The Morgan fingerprint density at radius 2 is 1.79 bits per heavy atom. The summed E-state index contributed by atoms with van der Waals surface area (Å²) in [5, 5.41) is 30.8. The monoisotopic (exact) mass is 392 g/mol. The molecule has 4 rings (SSSR count). The van der Waals surface area contributed by atoms with Gasteiger partial charge in [-0.05, 0) is 104 Å². The normalized spacial score (nSPS) is 51.7. The van der Waals surface area contributed by atoms with Crippen molar-refractivity contribution < 1.29 is 20.1 Å². The van der Waals surface area contributed by atoms with Gasteiger partial charge in [-0.15, -0.1) is 0 Å². The quantitative estimate of drug-likeness (QED) is 0.659. The third-order valence-corrected chi connectivity index (χ3v) is 10.3. The molecular formula is C24H40O4. The van der Waals surface area contributed by atoms with Crippen molar-refractivity contribution in [3.63, 3.8) is 0 Å². The summed E-state index contributed by atoms with van der Waals surface area (Å²) in [6.07, 6.45) is 9.26. The number of carboxylic acid groups (broad SMARTS) is 1. The van der Waals surface area contributed by atoms with E-state index in [0.29, 0.717) is 35.5 Å². The Bertz CT molecular complexity index is 605. The van der Waals surface area contributed by atoms with E-state index >= 15 is 0 Å². The molecule has 0 aromatic rings. The first-order valence-electron chi connectivity index (χ1n) is 11.8. The molecular weight excluding hydrogens is 352 g/mol. The maximum Gasteiger partial charge on any atom is 0.303 e. The van der Waals surface area contributed by atoms with Gasteiger partial charge in [0.25, 0.3) is 0 Å². The summed E-state index contributed by atoms with van der Waals surface area (Å²) in [4.78, 5) is 11.1. The Hall–Kier alpha value is -0.610. The van der Waals surface area contributed by atoms with Gasteiger partial charge in [-0.3, -0.25) is 4.79 Å². The van der Waals surface area contributed by atoms with E-state index in [1.165, 1.54) is 19.3 Å². The van der Waals surface area contributed by atoms with Gasteiger partial charge in [0, 0.05) is 6.42 Å². The van der Waals surface area contributed by atoms with E-state index in [9.17, 15) is 15.0 Å². The molecule has 0 radical (unpaired) electrons. The topological polar surface area (TPSA) is 77.8 Å². The highest BCUT2D eigenvalue weighted by Gasteiger charge is 2.63. The van der Waals surface area contributed by atoms with Crippen molar-refractivity contribution in [2.24, 2.45) is 46.3 Å². The van der Waals surface area contributed by atoms with Gasteiger partial charge in [-0.25, -0.2) is 0 Å². The largest absolute Gasteiger partial charge is 0.481 e. The fraction of sp³-hybridized carbons (Fsp3) is 0.958. The Morgan fingerprint density at radius 1 is 1.04 bits per heavy atom.